The Hall–Kier alpha value is -2.44. The van der Waals surface area contributed by atoms with E-state index in [9.17, 15) is 39.9 Å². The van der Waals surface area contributed by atoms with Crippen molar-refractivity contribution >= 4 is 17.0 Å². The van der Waals surface area contributed by atoms with E-state index in [0.29, 0.717) is 23.3 Å². The van der Waals surface area contributed by atoms with Crippen LogP contribution in [-0.4, -0.2) is 33.6 Å². The van der Waals surface area contributed by atoms with Crippen molar-refractivity contribution < 1.29 is 44.6 Å². The van der Waals surface area contributed by atoms with Crippen molar-refractivity contribution in [2.24, 2.45) is 5.92 Å². The maximum atomic E-state index is 13.6. The number of amides is 1. The Morgan fingerprint density at radius 3 is 2.11 bits per heavy atom. The van der Waals surface area contributed by atoms with Crippen molar-refractivity contribution in [1.29, 1.82) is 0 Å². The number of benzene rings is 2. The largest absolute Gasteiger partial charge is 0.430 e. The molecule has 5 nitrogen and oxygen atoms in total. The highest BCUT2D eigenvalue weighted by Gasteiger charge is 2.73. The van der Waals surface area contributed by atoms with Crippen molar-refractivity contribution in [3.63, 3.8) is 0 Å². The highest BCUT2D eigenvalue weighted by molar-refractivity contribution is 7.79. The molecule has 2 atom stereocenters. The summed E-state index contributed by atoms with van der Waals surface area (Å²) in [5.41, 5.74) is -3.65. The molecule has 0 spiro atoms. The molecule has 2 unspecified atom stereocenters. The molecular weight excluding hydrogens is 512 g/mol. The molecule has 1 saturated carbocycles. The fourth-order valence-electron chi connectivity index (χ4n) is 4.13. The number of halogens is 6. The Kier molecular flexibility index (Phi) is 8.21. The minimum absolute atomic E-state index is 0.0387. The summed E-state index contributed by atoms with van der Waals surface area (Å²) < 4.78 is 107. The second-order valence-electron chi connectivity index (χ2n) is 8.59. The Morgan fingerprint density at radius 1 is 1.08 bits per heavy atom. The molecule has 3 rings (SSSR count). The number of aryl methyl sites for hydroxylation is 1. The molecule has 12 heteroatoms. The number of carbonyl (C=O) groups is 1. The Bertz CT molecular complexity index is 1100. The van der Waals surface area contributed by atoms with Crippen molar-refractivity contribution in [3.8, 4) is 0 Å². The normalized spacial score (nSPS) is 16.5. The van der Waals surface area contributed by atoms with Gasteiger partial charge in [-0.2, -0.15) is 26.3 Å². The van der Waals surface area contributed by atoms with Gasteiger partial charge in [0.1, 0.15) is 0 Å². The number of alkyl halides is 6. The molecule has 2 aromatic rings. The Morgan fingerprint density at radius 2 is 1.67 bits per heavy atom. The van der Waals surface area contributed by atoms with E-state index in [1.165, 1.54) is 0 Å². The second-order valence-corrected chi connectivity index (χ2v) is 9.65. The summed E-state index contributed by atoms with van der Waals surface area (Å²) in [6.07, 6.45) is -9.81. The van der Waals surface area contributed by atoms with Crippen LogP contribution in [0.2, 0.25) is 0 Å². The van der Waals surface area contributed by atoms with Gasteiger partial charge >= 0.3 is 12.4 Å². The smallest absolute Gasteiger partial charge is 0.354 e. The van der Waals surface area contributed by atoms with Gasteiger partial charge in [0, 0.05) is 24.3 Å². The fraction of sp³-hybridized carbons (Fsp3) is 0.458. The van der Waals surface area contributed by atoms with Gasteiger partial charge in [-0.25, -0.2) is 4.21 Å². The lowest BCUT2D eigenvalue weighted by atomic mass is 9.91. The number of rotatable bonds is 9. The monoisotopic (exact) mass is 537 g/mol. The lowest BCUT2D eigenvalue weighted by Crippen LogP contribution is -2.56. The molecule has 0 heterocycles. The average Bonchev–Trinajstić information content (AvgIpc) is 3.60. The molecule has 36 heavy (non-hydrogen) atoms. The lowest BCUT2D eigenvalue weighted by Gasteiger charge is -2.37. The van der Waals surface area contributed by atoms with Crippen LogP contribution in [0.3, 0.4) is 0 Å². The van der Waals surface area contributed by atoms with Gasteiger partial charge in [-0.3, -0.25) is 4.79 Å². The topological polar surface area (TPSA) is 75.6 Å². The summed E-state index contributed by atoms with van der Waals surface area (Å²) in [4.78, 5) is 12.5. The molecule has 1 aliphatic rings. The maximum absolute atomic E-state index is 13.6. The third-order valence-electron chi connectivity index (χ3n) is 6.11. The van der Waals surface area contributed by atoms with E-state index in [2.05, 4.69) is 10.1 Å². The Balaban J connectivity index is 1.75. The quantitative estimate of drug-likeness (QED) is 0.306. The summed E-state index contributed by atoms with van der Waals surface area (Å²) in [6, 6.07) is 8.11. The molecule has 0 radical (unpaired) electrons. The van der Waals surface area contributed by atoms with Crippen molar-refractivity contribution in [1.82, 2.24) is 5.32 Å². The number of hydrogen-bond donors (Lipinski definition) is 2. The van der Waals surface area contributed by atoms with Crippen LogP contribution in [0.1, 0.15) is 57.6 Å². The SMILES string of the molecule is CCOC(c1ccc(C(=O)NCc2ccc(C(C3CC3)S(=O)O)cc2C)cc1)(C(F)(F)F)C(F)(F)F. The van der Waals surface area contributed by atoms with Crippen LogP contribution < -0.4 is 5.32 Å². The van der Waals surface area contributed by atoms with E-state index in [4.69, 9.17) is 0 Å². The first-order valence-electron chi connectivity index (χ1n) is 11.1. The minimum atomic E-state index is -5.78. The number of ether oxygens (including phenoxy) is 1. The zero-order valence-corrected chi connectivity index (χ0v) is 20.2. The second kappa shape index (κ2) is 10.5. The van der Waals surface area contributed by atoms with Gasteiger partial charge in [-0.15, -0.1) is 0 Å². The van der Waals surface area contributed by atoms with Gasteiger partial charge in [0.05, 0.1) is 5.25 Å². The van der Waals surface area contributed by atoms with Gasteiger partial charge in [0.2, 0.25) is 0 Å². The van der Waals surface area contributed by atoms with Gasteiger partial charge in [-0.1, -0.05) is 30.3 Å². The summed E-state index contributed by atoms with van der Waals surface area (Å²) in [6.45, 7) is 2.00. The highest BCUT2D eigenvalue weighted by Crippen LogP contribution is 2.53. The predicted molar refractivity (Wildman–Crippen MR) is 120 cm³/mol. The van der Waals surface area contributed by atoms with Crippen molar-refractivity contribution in [2.75, 3.05) is 6.61 Å². The van der Waals surface area contributed by atoms with Gasteiger partial charge in [-0.05, 0) is 61.4 Å². The van der Waals surface area contributed by atoms with E-state index in [0.717, 1.165) is 37.5 Å². The molecule has 0 aliphatic heterocycles. The molecule has 1 aliphatic carbocycles. The third kappa shape index (κ3) is 5.60. The number of nitrogens with one attached hydrogen (secondary N) is 1. The maximum Gasteiger partial charge on any atom is 0.430 e. The number of hydrogen-bond acceptors (Lipinski definition) is 3. The van der Waals surface area contributed by atoms with E-state index < -0.39 is 52.4 Å². The van der Waals surface area contributed by atoms with Crippen molar-refractivity contribution in [3.05, 3.63) is 70.3 Å². The lowest BCUT2D eigenvalue weighted by molar-refractivity contribution is -0.388. The third-order valence-corrected chi connectivity index (χ3v) is 7.21. The first kappa shape index (κ1) is 28.1. The molecule has 0 bridgehead atoms. The molecule has 198 valence electrons. The van der Waals surface area contributed by atoms with Crippen molar-refractivity contribution in [2.45, 2.75) is 56.4 Å². The zero-order valence-electron chi connectivity index (χ0n) is 19.4. The van der Waals surface area contributed by atoms with Crippen LogP contribution in [0, 0.1) is 12.8 Å². The van der Waals surface area contributed by atoms with E-state index in [1.807, 2.05) is 0 Å². The zero-order chi connectivity index (χ0) is 26.9. The minimum Gasteiger partial charge on any atom is -0.354 e. The molecule has 2 aromatic carbocycles. The molecular formula is C24H25F6NO4S. The summed E-state index contributed by atoms with van der Waals surface area (Å²) in [5.74, 6) is -0.543. The fourth-order valence-corrected chi connectivity index (χ4v) is 5.11. The van der Waals surface area contributed by atoms with Crippen LogP contribution in [0.15, 0.2) is 42.5 Å². The standard InChI is InChI=1S/C24H25F6NO4S/c1-3-35-22(23(25,26)27,24(28,29)30)19-10-8-16(9-11-19)21(32)31-13-18-7-6-17(12-14(18)2)20(36(33)34)15-4-5-15/h6-12,15,20H,3-5,13H2,1-2H3,(H,31,32)(H,33,34). The van der Waals surface area contributed by atoms with Crippen LogP contribution in [-0.2, 0) is 28.0 Å². The van der Waals surface area contributed by atoms with E-state index >= 15 is 0 Å². The highest BCUT2D eigenvalue weighted by atomic mass is 32.2. The van der Waals surface area contributed by atoms with Gasteiger partial charge in [0.15, 0.2) is 11.1 Å². The van der Waals surface area contributed by atoms with Crippen LogP contribution in [0.25, 0.3) is 0 Å². The molecule has 1 amide bonds. The molecule has 2 N–H and O–H groups in total. The first-order chi connectivity index (χ1) is 16.7. The number of carbonyl (C=O) groups excluding carboxylic acids is 1. The average molecular weight is 538 g/mol. The summed E-state index contributed by atoms with van der Waals surface area (Å²) in [5, 5.41) is 2.10. The van der Waals surface area contributed by atoms with E-state index in [-0.39, 0.29) is 18.0 Å². The van der Waals surface area contributed by atoms with Crippen LogP contribution >= 0.6 is 0 Å². The van der Waals surface area contributed by atoms with Crippen LogP contribution in [0.5, 0.6) is 0 Å². The molecule has 0 aromatic heterocycles. The van der Waals surface area contributed by atoms with Gasteiger partial charge < -0.3 is 14.6 Å². The molecule has 0 saturated heterocycles. The Labute approximate surface area is 206 Å². The van der Waals surface area contributed by atoms with Gasteiger partial charge in [0.25, 0.3) is 11.5 Å². The van der Waals surface area contributed by atoms with E-state index in [1.54, 1.807) is 25.1 Å². The summed E-state index contributed by atoms with van der Waals surface area (Å²) in [7, 11) is 0. The molecule has 1 fully saturated rings. The predicted octanol–water partition coefficient (Wildman–Crippen LogP) is 5.95. The summed E-state index contributed by atoms with van der Waals surface area (Å²) >= 11 is -2.01. The van der Waals surface area contributed by atoms with Crippen LogP contribution in [0.4, 0.5) is 26.3 Å². The first-order valence-corrected chi connectivity index (χ1v) is 12.2.